The maximum atomic E-state index is 13.8. The van der Waals surface area contributed by atoms with Gasteiger partial charge in [-0.05, 0) is 12.1 Å². The highest BCUT2D eigenvalue weighted by molar-refractivity contribution is 6.02. The van der Waals surface area contributed by atoms with Gasteiger partial charge in [-0.15, -0.1) is 5.06 Å². The SMILES string of the molecule is COc1cccc(C(=O)ON2C(=O)CCC2=O)c1F. The van der Waals surface area contributed by atoms with Crippen molar-refractivity contribution in [2.75, 3.05) is 7.11 Å². The molecule has 100 valence electrons. The molecule has 0 saturated carbocycles. The van der Waals surface area contributed by atoms with Crippen LogP contribution in [0.3, 0.4) is 0 Å². The molecule has 1 saturated heterocycles. The Labute approximate surface area is 107 Å². The molecule has 0 aliphatic carbocycles. The second kappa shape index (κ2) is 5.05. The lowest BCUT2D eigenvalue weighted by molar-refractivity contribution is -0.172. The number of hydrogen-bond acceptors (Lipinski definition) is 5. The number of benzene rings is 1. The molecule has 1 aliphatic heterocycles. The van der Waals surface area contributed by atoms with E-state index in [-0.39, 0.29) is 18.6 Å². The number of imide groups is 1. The van der Waals surface area contributed by atoms with Gasteiger partial charge in [0.2, 0.25) is 0 Å². The second-order valence-electron chi connectivity index (χ2n) is 3.78. The third-order valence-electron chi connectivity index (χ3n) is 2.58. The van der Waals surface area contributed by atoms with Gasteiger partial charge in [-0.3, -0.25) is 9.59 Å². The first kappa shape index (κ1) is 13.0. The predicted molar refractivity (Wildman–Crippen MR) is 59.5 cm³/mol. The van der Waals surface area contributed by atoms with Gasteiger partial charge >= 0.3 is 5.97 Å². The van der Waals surface area contributed by atoms with Crippen LogP contribution in [0.2, 0.25) is 0 Å². The zero-order valence-corrected chi connectivity index (χ0v) is 10.0. The fraction of sp³-hybridized carbons (Fsp3) is 0.250. The minimum Gasteiger partial charge on any atom is -0.494 e. The Hall–Kier alpha value is -2.44. The minimum atomic E-state index is -1.12. The number of amides is 2. The van der Waals surface area contributed by atoms with Gasteiger partial charge in [0.1, 0.15) is 5.56 Å². The van der Waals surface area contributed by atoms with Crippen molar-refractivity contribution in [3.63, 3.8) is 0 Å². The van der Waals surface area contributed by atoms with Crippen LogP contribution in [0.25, 0.3) is 0 Å². The number of carbonyl (C=O) groups excluding carboxylic acids is 3. The van der Waals surface area contributed by atoms with Crippen LogP contribution in [0.5, 0.6) is 5.75 Å². The number of rotatable bonds is 3. The van der Waals surface area contributed by atoms with Gasteiger partial charge in [0, 0.05) is 12.8 Å². The molecule has 1 aliphatic rings. The van der Waals surface area contributed by atoms with Crippen LogP contribution in [0.1, 0.15) is 23.2 Å². The normalized spacial score (nSPS) is 14.7. The van der Waals surface area contributed by atoms with E-state index in [0.29, 0.717) is 5.06 Å². The summed E-state index contributed by atoms with van der Waals surface area (Å²) in [5.74, 6) is -3.41. The summed E-state index contributed by atoms with van der Waals surface area (Å²) in [6.07, 6.45) is -0.0422. The van der Waals surface area contributed by atoms with Gasteiger partial charge in [-0.1, -0.05) is 6.07 Å². The summed E-state index contributed by atoms with van der Waals surface area (Å²) in [6, 6.07) is 3.90. The first-order chi connectivity index (χ1) is 9.04. The molecule has 2 rings (SSSR count). The molecule has 7 heteroatoms. The lowest BCUT2D eigenvalue weighted by Gasteiger charge is -2.13. The Kier molecular flexibility index (Phi) is 3.46. The molecule has 0 bridgehead atoms. The van der Waals surface area contributed by atoms with Gasteiger partial charge in [-0.2, -0.15) is 0 Å². The van der Waals surface area contributed by atoms with E-state index in [0.717, 1.165) is 0 Å². The topological polar surface area (TPSA) is 72.9 Å². The summed E-state index contributed by atoms with van der Waals surface area (Å²) in [6.45, 7) is 0. The van der Waals surface area contributed by atoms with Crippen molar-refractivity contribution in [3.05, 3.63) is 29.6 Å². The molecule has 0 atom stereocenters. The van der Waals surface area contributed by atoms with E-state index in [1.807, 2.05) is 0 Å². The van der Waals surface area contributed by atoms with Crippen LogP contribution in [-0.2, 0) is 14.4 Å². The van der Waals surface area contributed by atoms with E-state index in [4.69, 9.17) is 4.74 Å². The molecule has 2 amide bonds. The minimum absolute atomic E-state index is 0.0211. The molecule has 0 spiro atoms. The molecule has 0 unspecified atom stereocenters. The van der Waals surface area contributed by atoms with Gasteiger partial charge < -0.3 is 9.57 Å². The average Bonchev–Trinajstić information content (AvgIpc) is 2.70. The molecule has 6 nitrogen and oxygen atoms in total. The molecular weight excluding hydrogens is 257 g/mol. The lowest BCUT2D eigenvalue weighted by atomic mass is 10.2. The van der Waals surface area contributed by atoms with Crippen LogP contribution in [0.4, 0.5) is 4.39 Å². The Morgan fingerprint density at radius 2 is 1.89 bits per heavy atom. The standard InChI is InChI=1S/C12H10FNO5/c1-18-8-4-2-3-7(11(8)13)12(17)19-14-9(15)5-6-10(14)16/h2-4H,5-6H2,1H3. The number of halogens is 1. The highest BCUT2D eigenvalue weighted by Crippen LogP contribution is 2.22. The molecule has 0 N–H and O–H groups in total. The van der Waals surface area contributed by atoms with Crippen molar-refractivity contribution in [2.24, 2.45) is 0 Å². The fourth-order valence-electron chi connectivity index (χ4n) is 1.62. The molecular formula is C12H10FNO5. The third-order valence-corrected chi connectivity index (χ3v) is 2.58. The highest BCUT2D eigenvalue weighted by Gasteiger charge is 2.33. The average molecular weight is 267 g/mol. The zero-order chi connectivity index (χ0) is 14.0. The Morgan fingerprint density at radius 1 is 1.26 bits per heavy atom. The van der Waals surface area contributed by atoms with Crippen LogP contribution in [0.15, 0.2) is 18.2 Å². The van der Waals surface area contributed by atoms with Crippen molar-refractivity contribution in [1.29, 1.82) is 0 Å². The van der Waals surface area contributed by atoms with Crippen LogP contribution in [0, 0.1) is 5.82 Å². The Balaban J connectivity index is 2.21. The van der Waals surface area contributed by atoms with E-state index in [9.17, 15) is 18.8 Å². The lowest BCUT2D eigenvalue weighted by Crippen LogP contribution is -2.32. The van der Waals surface area contributed by atoms with Gasteiger partial charge in [0.25, 0.3) is 11.8 Å². The molecule has 1 fully saturated rings. The fourth-order valence-corrected chi connectivity index (χ4v) is 1.62. The molecule has 0 radical (unpaired) electrons. The van der Waals surface area contributed by atoms with Crippen molar-refractivity contribution >= 4 is 17.8 Å². The smallest absolute Gasteiger partial charge is 0.367 e. The van der Waals surface area contributed by atoms with Crippen molar-refractivity contribution in [2.45, 2.75) is 12.8 Å². The van der Waals surface area contributed by atoms with E-state index in [2.05, 4.69) is 4.84 Å². The monoisotopic (exact) mass is 267 g/mol. The molecule has 1 aromatic rings. The van der Waals surface area contributed by atoms with Crippen molar-refractivity contribution in [3.8, 4) is 5.75 Å². The molecule has 1 heterocycles. The Morgan fingerprint density at radius 3 is 2.47 bits per heavy atom. The summed E-state index contributed by atoms with van der Waals surface area (Å²) in [7, 11) is 1.25. The summed E-state index contributed by atoms with van der Waals surface area (Å²) in [4.78, 5) is 38.9. The number of hydrogen-bond donors (Lipinski definition) is 0. The van der Waals surface area contributed by atoms with Gasteiger partial charge in [0.15, 0.2) is 11.6 Å². The van der Waals surface area contributed by atoms with E-state index in [1.54, 1.807) is 0 Å². The second-order valence-corrected chi connectivity index (χ2v) is 3.78. The van der Waals surface area contributed by atoms with Gasteiger partial charge in [0.05, 0.1) is 7.11 Å². The summed E-state index contributed by atoms with van der Waals surface area (Å²) < 4.78 is 18.5. The molecule has 1 aromatic carbocycles. The maximum Gasteiger partial charge on any atom is 0.367 e. The van der Waals surface area contributed by atoms with Gasteiger partial charge in [-0.25, -0.2) is 9.18 Å². The zero-order valence-electron chi connectivity index (χ0n) is 10.0. The predicted octanol–water partition coefficient (Wildman–Crippen LogP) is 1.06. The van der Waals surface area contributed by atoms with Crippen LogP contribution < -0.4 is 4.74 Å². The van der Waals surface area contributed by atoms with E-state index >= 15 is 0 Å². The number of carbonyl (C=O) groups is 3. The number of nitrogens with zero attached hydrogens (tertiary/aromatic N) is 1. The van der Waals surface area contributed by atoms with Crippen molar-refractivity contribution in [1.82, 2.24) is 5.06 Å². The maximum absolute atomic E-state index is 13.8. The Bertz CT molecular complexity index is 541. The summed E-state index contributed by atoms with van der Waals surface area (Å²) in [5, 5.41) is 0.362. The highest BCUT2D eigenvalue weighted by atomic mass is 19.1. The summed E-state index contributed by atoms with van der Waals surface area (Å²) in [5.41, 5.74) is -0.410. The largest absolute Gasteiger partial charge is 0.494 e. The van der Waals surface area contributed by atoms with Crippen molar-refractivity contribution < 1.29 is 28.3 Å². The van der Waals surface area contributed by atoms with Crippen LogP contribution in [-0.4, -0.2) is 30.0 Å². The quantitative estimate of drug-likeness (QED) is 0.765. The number of hydroxylamine groups is 2. The number of methoxy groups -OCH3 is 1. The first-order valence-electron chi connectivity index (χ1n) is 5.45. The third kappa shape index (κ3) is 2.40. The number of ether oxygens (including phenoxy) is 1. The van der Waals surface area contributed by atoms with Crippen LogP contribution >= 0.6 is 0 Å². The first-order valence-corrected chi connectivity index (χ1v) is 5.45. The molecule has 19 heavy (non-hydrogen) atoms. The van der Waals surface area contributed by atoms with E-state index in [1.165, 1.54) is 25.3 Å². The summed E-state index contributed by atoms with van der Waals surface area (Å²) >= 11 is 0. The molecule has 0 aromatic heterocycles. The van der Waals surface area contributed by atoms with E-state index < -0.39 is 29.2 Å².